The summed E-state index contributed by atoms with van der Waals surface area (Å²) in [5, 5.41) is 10.6. The summed E-state index contributed by atoms with van der Waals surface area (Å²) in [7, 11) is 6.04. The summed E-state index contributed by atoms with van der Waals surface area (Å²) in [5.41, 5.74) is 8.39. The lowest BCUT2D eigenvalue weighted by atomic mass is 10.0. The Labute approximate surface area is 360 Å². The number of carbonyl (C=O) groups is 5. The zero-order valence-corrected chi connectivity index (χ0v) is 35.5. The quantitative estimate of drug-likeness (QED) is 0.0265. The molecule has 4 aromatic carbocycles. The van der Waals surface area contributed by atoms with Crippen molar-refractivity contribution in [2.24, 2.45) is 11.7 Å². The number of ether oxygens (including phenoxy) is 7. The number of nitrogens with two attached hydrogens (primary N) is 1. The van der Waals surface area contributed by atoms with Crippen molar-refractivity contribution in [3.63, 3.8) is 0 Å². The molecule has 0 bridgehead atoms. The number of amides is 5. The van der Waals surface area contributed by atoms with Crippen LogP contribution in [0.5, 0.6) is 28.7 Å². The van der Waals surface area contributed by atoms with Crippen molar-refractivity contribution in [3.05, 3.63) is 107 Å². The molecule has 0 unspecified atom stereocenters. The van der Waals surface area contributed by atoms with Crippen LogP contribution in [0.3, 0.4) is 0 Å². The van der Waals surface area contributed by atoms with Crippen LogP contribution in [-0.2, 0) is 32.3 Å². The van der Waals surface area contributed by atoms with Crippen LogP contribution >= 0.6 is 0 Å². The molecule has 0 aliphatic carbocycles. The van der Waals surface area contributed by atoms with Crippen LogP contribution in [0.25, 0.3) is 12.2 Å². The minimum absolute atomic E-state index is 0.00899. The van der Waals surface area contributed by atoms with E-state index in [2.05, 4.69) is 21.3 Å². The Kier molecular flexibility index (Phi) is 18.3. The second-order valence-electron chi connectivity index (χ2n) is 14.0. The van der Waals surface area contributed by atoms with Crippen molar-refractivity contribution in [2.75, 3.05) is 40.3 Å². The van der Waals surface area contributed by atoms with Gasteiger partial charge in [0.05, 0.1) is 28.4 Å². The highest BCUT2D eigenvalue weighted by Crippen LogP contribution is 2.39. The monoisotopic (exact) mass is 855 g/mol. The molecule has 62 heavy (non-hydrogen) atoms. The molecule has 4 rings (SSSR count). The molecular formula is C45H53N5O12. The second kappa shape index (κ2) is 24.0. The maximum absolute atomic E-state index is 13.5. The summed E-state index contributed by atoms with van der Waals surface area (Å²) in [6.07, 6.45) is 2.30. The Bertz CT molecular complexity index is 2140. The van der Waals surface area contributed by atoms with Crippen LogP contribution in [-0.4, -0.2) is 77.2 Å². The van der Waals surface area contributed by atoms with Crippen LogP contribution in [0.4, 0.5) is 20.1 Å². The molecule has 330 valence electrons. The van der Waals surface area contributed by atoms with Crippen molar-refractivity contribution in [1.82, 2.24) is 16.0 Å². The number of rotatable bonds is 21. The van der Waals surface area contributed by atoms with Gasteiger partial charge in [-0.2, -0.15) is 0 Å². The number of primary amides is 1. The molecule has 6 N–H and O–H groups in total. The van der Waals surface area contributed by atoms with Crippen molar-refractivity contribution < 1.29 is 57.1 Å². The van der Waals surface area contributed by atoms with Gasteiger partial charge in [-0.15, -0.1) is 0 Å². The van der Waals surface area contributed by atoms with Gasteiger partial charge in [0.25, 0.3) is 0 Å². The number of nitrogens with one attached hydrogen (secondary N) is 4. The third-order valence-corrected chi connectivity index (χ3v) is 9.15. The van der Waals surface area contributed by atoms with Gasteiger partial charge in [-0.25, -0.2) is 14.4 Å². The SMILES string of the molecule is COc1ccc(/C=C\c2cc(OC)c(OC)c(OC)c2)cc1OC(=O)OCc1ccc(NC(=O)[C@H](CCCNC(N)=O)NC(=O)[C@@H](NC(=O)OCc2ccccc2)C(C)C)cc1. The summed E-state index contributed by atoms with van der Waals surface area (Å²) < 4.78 is 37.8. The fourth-order valence-electron chi connectivity index (χ4n) is 5.92. The lowest BCUT2D eigenvalue weighted by molar-refractivity contribution is -0.128. The maximum atomic E-state index is 13.5. The largest absolute Gasteiger partial charge is 0.514 e. The normalized spacial score (nSPS) is 11.7. The Morgan fingerprint density at radius 3 is 1.89 bits per heavy atom. The number of anilines is 1. The third kappa shape index (κ3) is 14.7. The minimum Gasteiger partial charge on any atom is -0.493 e. The second-order valence-corrected chi connectivity index (χ2v) is 14.0. The van der Waals surface area contributed by atoms with Crippen molar-refractivity contribution in [3.8, 4) is 28.7 Å². The van der Waals surface area contributed by atoms with Gasteiger partial charge in [0, 0.05) is 12.2 Å². The number of hydrogen-bond acceptors (Lipinski definition) is 12. The average molecular weight is 856 g/mol. The van der Waals surface area contributed by atoms with E-state index in [1.54, 1.807) is 80.6 Å². The number of benzene rings is 4. The van der Waals surface area contributed by atoms with Gasteiger partial charge in [0.1, 0.15) is 25.3 Å². The average Bonchev–Trinajstić information content (AvgIpc) is 3.27. The molecular weight excluding hydrogens is 803 g/mol. The van der Waals surface area contributed by atoms with E-state index in [1.807, 2.05) is 30.4 Å². The van der Waals surface area contributed by atoms with E-state index in [0.717, 1.165) is 11.1 Å². The summed E-state index contributed by atoms with van der Waals surface area (Å²) in [4.78, 5) is 63.6. The topological polar surface area (TPSA) is 224 Å². The number of urea groups is 1. The molecule has 0 aliphatic rings. The van der Waals surface area contributed by atoms with Crippen LogP contribution in [0, 0.1) is 5.92 Å². The zero-order chi connectivity index (χ0) is 45.0. The molecule has 4 aromatic rings. The van der Waals surface area contributed by atoms with Gasteiger partial charge in [-0.05, 0) is 77.4 Å². The summed E-state index contributed by atoms with van der Waals surface area (Å²) in [6, 6.07) is 21.4. The summed E-state index contributed by atoms with van der Waals surface area (Å²) in [6.45, 7) is 3.50. The van der Waals surface area contributed by atoms with Gasteiger partial charge >= 0.3 is 18.3 Å². The first-order valence-electron chi connectivity index (χ1n) is 19.5. The van der Waals surface area contributed by atoms with Crippen LogP contribution in [0.15, 0.2) is 84.9 Å². The minimum atomic E-state index is -1.06. The summed E-state index contributed by atoms with van der Waals surface area (Å²) in [5.74, 6) is 0.394. The lowest BCUT2D eigenvalue weighted by Crippen LogP contribution is -2.54. The first-order valence-corrected chi connectivity index (χ1v) is 19.5. The Morgan fingerprint density at radius 1 is 0.661 bits per heavy atom. The van der Waals surface area contributed by atoms with Gasteiger partial charge in [-0.3, -0.25) is 9.59 Å². The van der Waals surface area contributed by atoms with Gasteiger partial charge in [-0.1, -0.05) is 74.5 Å². The highest BCUT2D eigenvalue weighted by atomic mass is 16.7. The van der Waals surface area contributed by atoms with Crippen molar-refractivity contribution in [1.29, 1.82) is 0 Å². The lowest BCUT2D eigenvalue weighted by Gasteiger charge is -2.25. The fourth-order valence-corrected chi connectivity index (χ4v) is 5.92. The summed E-state index contributed by atoms with van der Waals surface area (Å²) >= 11 is 0. The van der Waals surface area contributed by atoms with E-state index in [9.17, 15) is 24.0 Å². The molecule has 0 fully saturated rings. The van der Waals surface area contributed by atoms with Crippen LogP contribution in [0.2, 0.25) is 0 Å². The van der Waals surface area contributed by atoms with Crippen LogP contribution in [0.1, 0.15) is 48.9 Å². The Balaban J connectivity index is 1.35. The third-order valence-electron chi connectivity index (χ3n) is 9.15. The van der Waals surface area contributed by atoms with E-state index >= 15 is 0 Å². The highest BCUT2D eigenvalue weighted by Gasteiger charge is 2.29. The molecule has 0 aromatic heterocycles. The van der Waals surface area contributed by atoms with Crippen molar-refractivity contribution in [2.45, 2.75) is 52.0 Å². The molecule has 0 spiro atoms. The predicted octanol–water partition coefficient (Wildman–Crippen LogP) is 6.43. The van der Waals surface area contributed by atoms with E-state index in [0.29, 0.717) is 46.2 Å². The molecule has 5 amide bonds. The first kappa shape index (κ1) is 47.3. The Hall–Kier alpha value is -7.43. The molecule has 17 heteroatoms. The van der Waals surface area contributed by atoms with Gasteiger partial charge < -0.3 is 60.2 Å². The first-order chi connectivity index (χ1) is 29.8. The standard InChI is InChI=1S/C45H53N5O12/c1-28(2)39(50-44(54)60-26-30-11-8-7-9-12-30)42(52)49-34(13-10-22-47-43(46)53)41(51)48-33-19-16-31(17-20-33)27-61-45(55)62-36-23-29(18-21-35(36)56-3)14-15-32-24-37(57-4)40(59-6)38(25-32)58-5/h7-9,11-12,14-21,23-25,28,34,39H,10,13,22,26-27H2,1-6H3,(H,48,51)(H,49,52)(H,50,54)(H3,46,47,53)/b15-14-/t34-,39-/m0/s1. The maximum Gasteiger partial charge on any atom is 0.514 e. The van der Waals surface area contributed by atoms with E-state index in [1.165, 1.54) is 28.4 Å². The molecule has 0 saturated carbocycles. The van der Waals surface area contributed by atoms with Crippen LogP contribution < -0.4 is 50.7 Å². The van der Waals surface area contributed by atoms with E-state index in [-0.39, 0.29) is 37.8 Å². The Morgan fingerprint density at radius 2 is 1.27 bits per heavy atom. The number of carbonyl (C=O) groups excluding carboxylic acids is 5. The fraction of sp³-hybridized carbons (Fsp3) is 0.311. The zero-order valence-electron chi connectivity index (χ0n) is 35.5. The molecule has 2 atom stereocenters. The number of alkyl carbamates (subject to hydrolysis) is 1. The molecule has 0 radical (unpaired) electrons. The molecule has 0 saturated heterocycles. The predicted molar refractivity (Wildman–Crippen MR) is 231 cm³/mol. The van der Waals surface area contributed by atoms with Gasteiger partial charge in [0.15, 0.2) is 23.0 Å². The molecule has 17 nitrogen and oxygen atoms in total. The smallest absolute Gasteiger partial charge is 0.493 e. The van der Waals surface area contributed by atoms with E-state index in [4.69, 9.17) is 38.9 Å². The van der Waals surface area contributed by atoms with Crippen molar-refractivity contribution >= 4 is 47.9 Å². The molecule has 0 heterocycles. The number of hydrogen-bond donors (Lipinski definition) is 5. The number of methoxy groups -OCH3 is 4. The van der Waals surface area contributed by atoms with Gasteiger partial charge in [0.2, 0.25) is 17.6 Å². The highest BCUT2D eigenvalue weighted by molar-refractivity contribution is 5.98. The molecule has 0 aliphatic heterocycles. The van der Waals surface area contributed by atoms with E-state index < -0.39 is 42.2 Å².